The third kappa shape index (κ3) is 5.01. The second-order valence-electron chi connectivity index (χ2n) is 3.45. The predicted molar refractivity (Wildman–Crippen MR) is 73.9 cm³/mol. The van der Waals surface area contributed by atoms with Gasteiger partial charge in [0.05, 0.1) is 5.56 Å². The maximum absolute atomic E-state index is 11.8. The molecule has 0 aliphatic carbocycles. The van der Waals surface area contributed by atoms with E-state index in [1.165, 1.54) is 12.1 Å². The molecule has 0 amide bonds. The molecule has 1 rings (SSSR count). The highest BCUT2D eigenvalue weighted by Crippen LogP contribution is 2.07. The highest BCUT2D eigenvalue weighted by molar-refractivity contribution is 7.99. The van der Waals surface area contributed by atoms with Crippen molar-refractivity contribution >= 4 is 27.8 Å². The van der Waals surface area contributed by atoms with E-state index in [0.717, 1.165) is 11.9 Å². The van der Waals surface area contributed by atoms with Crippen molar-refractivity contribution in [3.63, 3.8) is 0 Å². The molecule has 0 aliphatic heterocycles. The Balaban J connectivity index is 2.61. The number of carboxylic acid groups (broad SMARTS) is 1. The molecule has 1 aromatic heterocycles. The van der Waals surface area contributed by atoms with Crippen LogP contribution in [0.1, 0.15) is 10.4 Å². The van der Waals surface area contributed by atoms with E-state index in [4.69, 9.17) is 5.11 Å². The van der Waals surface area contributed by atoms with Gasteiger partial charge in [0.25, 0.3) is 10.0 Å². The SMILES string of the molecule is C=CCSCCNS(=O)(=O)c1ccc(C(=O)O)cn1. The summed E-state index contributed by atoms with van der Waals surface area (Å²) in [7, 11) is -3.68. The van der Waals surface area contributed by atoms with Gasteiger partial charge in [-0.05, 0) is 12.1 Å². The number of carbonyl (C=O) groups is 1. The molecule has 0 aliphatic rings. The first kappa shape index (κ1) is 15.7. The van der Waals surface area contributed by atoms with Crippen LogP contribution in [0.4, 0.5) is 0 Å². The Kier molecular flexibility index (Phi) is 6.00. The molecule has 0 radical (unpaired) electrons. The molecule has 2 N–H and O–H groups in total. The Morgan fingerprint density at radius 2 is 2.26 bits per heavy atom. The molecule has 0 fully saturated rings. The smallest absolute Gasteiger partial charge is 0.337 e. The van der Waals surface area contributed by atoms with Gasteiger partial charge in [-0.2, -0.15) is 11.8 Å². The molecule has 0 saturated heterocycles. The summed E-state index contributed by atoms with van der Waals surface area (Å²) in [5.41, 5.74) is -0.0551. The fourth-order valence-electron chi connectivity index (χ4n) is 1.15. The normalized spacial score (nSPS) is 11.2. The molecule has 0 atom stereocenters. The van der Waals surface area contributed by atoms with Crippen molar-refractivity contribution in [2.75, 3.05) is 18.1 Å². The zero-order valence-corrected chi connectivity index (χ0v) is 11.7. The number of nitrogens with one attached hydrogen (secondary N) is 1. The average Bonchev–Trinajstić information content (AvgIpc) is 2.38. The lowest BCUT2D eigenvalue weighted by atomic mass is 10.3. The Morgan fingerprint density at radius 1 is 1.53 bits per heavy atom. The number of aromatic nitrogens is 1. The summed E-state index contributed by atoms with van der Waals surface area (Å²) in [6, 6.07) is 2.37. The summed E-state index contributed by atoms with van der Waals surface area (Å²) in [5, 5.41) is 8.50. The molecule has 8 heteroatoms. The van der Waals surface area contributed by atoms with Crippen LogP contribution in [0, 0.1) is 0 Å². The number of nitrogens with zero attached hydrogens (tertiary/aromatic N) is 1. The molecule has 0 saturated carbocycles. The lowest BCUT2D eigenvalue weighted by Crippen LogP contribution is -2.27. The van der Waals surface area contributed by atoms with Crippen LogP contribution in [0.15, 0.2) is 36.0 Å². The van der Waals surface area contributed by atoms with Crippen LogP contribution < -0.4 is 4.72 Å². The largest absolute Gasteiger partial charge is 0.478 e. The van der Waals surface area contributed by atoms with Crippen molar-refractivity contribution in [1.29, 1.82) is 0 Å². The fourth-order valence-corrected chi connectivity index (χ4v) is 2.82. The molecule has 0 aromatic carbocycles. The zero-order valence-electron chi connectivity index (χ0n) is 10.1. The van der Waals surface area contributed by atoms with Gasteiger partial charge in [-0.15, -0.1) is 6.58 Å². The van der Waals surface area contributed by atoms with Crippen molar-refractivity contribution in [2.24, 2.45) is 0 Å². The molecule has 19 heavy (non-hydrogen) atoms. The maximum Gasteiger partial charge on any atom is 0.337 e. The summed E-state index contributed by atoms with van der Waals surface area (Å²) in [4.78, 5) is 14.3. The van der Waals surface area contributed by atoms with Crippen LogP contribution in [-0.2, 0) is 10.0 Å². The van der Waals surface area contributed by atoms with Gasteiger partial charge in [-0.3, -0.25) is 0 Å². The first-order valence-electron chi connectivity index (χ1n) is 5.35. The maximum atomic E-state index is 11.8. The van der Waals surface area contributed by atoms with E-state index in [-0.39, 0.29) is 17.1 Å². The van der Waals surface area contributed by atoms with Gasteiger partial charge in [0.2, 0.25) is 0 Å². The molecule has 1 aromatic rings. The molecular formula is C11H14N2O4S2. The van der Waals surface area contributed by atoms with Crippen LogP contribution in [0.25, 0.3) is 0 Å². The van der Waals surface area contributed by atoms with E-state index in [1.807, 2.05) is 0 Å². The van der Waals surface area contributed by atoms with Gasteiger partial charge >= 0.3 is 5.97 Å². The van der Waals surface area contributed by atoms with Gasteiger partial charge in [-0.1, -0.05) is 6.08 Å². The van der Waals surface area contributed by atoms with Gasteiger partial charge in [-0.25, -0.2) is 22.9 Å². The van der Waals surface area contributed by atoms with E-state index in [9.17, 15) is 13.2 Å². The first-order valence-corrected chi connectivity index (χ1v) is 7.99. The van der Waals surface area contributed by atoms with Crippen LogP contribution >= 0.6 is 11.8 Å². The average molecular weight is 302 g/mol. The van der Waals surface area contributed by atoms with E-state index in [2.05, 4.69) is 16.3 Å². The van der Waals surface area contributed by atoms with Crippen LogP contribution in [0.5, 0.6) is 0 Å². The third-order valence-electron chi connectivity index (χ3n) is 2.03. The predicted octanol–water partition coefficient (Wildman–Crippen LogP) is 0.977. The van der Waals surface area contributed by atoms with Crippen LogP contribution in [0.2, 0.25) is 0 Å². The van der Waals surface area contributed by atoms with Gasteiger partial charge < -0.3 is 5.11 Å². The fraction of sp³-hybridized carbons (Fsp3) is 0.273. The third-order valence-corrected chi connectivity index (χ3v) is 4.37. The number of hydrogen-bond acceptors (Lipinski definition) is 5. The second kappa shape index (κ2) is 7.27. The topological polar surface area (TPSA) is 96.4 Å². The molecule has 0 spiro atoms. The van der Waals surface area contributed by atoms with Crippen LogP contribution in [-0.4, -0.2) is 42.5 Å². The minimum atomic E-state index is -3.68. The van der Waals surface area contributed by atoms with Crippen molar-refractivity contribution in [2.45, 2.75) is 5.03 Å². The second-order valence-corrected chi connectivity index (χ2v) is 6.32. The van der Waals surface area contributed by atoms with Crippen molar-refractivity contribution in [1.82, 2.24) is 9.71 Å². The minimum Gasteiger partial charge on any atom is -0.478 e. The standard InChI is InChI=1S/C11H14N2O4S2/c1-2-6-18-7-5-13-19(16,17)10-4-3-9(8-12-10)11(14)15/h2-4,8,13H,1,5-7H2,(H,14,15). The van der Waals surface area contributed by atoms with Crippen molar-refractivity contribution in [3.8, 4) is 0 Å². The number of rotatable bonds is 8. The zero-order chi connectivity index (χ0) is 14.3. The Bertz CT molecular complexity index is 540. The van der Waals surface area contributed by atoms with E-state index in [0.29, 0.717) is 5.75 Å². The van der Waals surface area contributed by atoms with Crippen LogP contribution in [0.3, 0.4) is 0 Å². The molecule has 6 nitrogen and oxygen atoms in total. The van der Waals surface area contributed by atoms with Crippen molar-refractivity contribution < 1.29 is 18.3 Å². The molecule has 104 valence electrons. The highest BCUT2D eigenvalue weighted by Gasteiger charge is 2.15. The Labute approximate surface area is 116 Å². The molecule has 1 heterocycles. The lowest BCUT2D eigenvalue weighted by Gasteiger charge is -2.05. The molecule has 0 unspecified atom stereocenters. The van der Waals surface area contributed by atoms with Gasteiger partial charge in [0.1, 0.15) is 0 Å². The minimum absolute atomic E-state index is 0.0551. The molecule has 0 bridgehead atoms. The first-order chi connectivity index (χ1) is 8.97. The lowest BCUT2D eigenvalue weighted by molar-refractivity contribution is 0.0696. The van der Waals surface area contributed by atoms with E-state index >= 15 is 0 Å². The summed E-state index contributed by atoms with van der Waals surface area (Å²) in [6.07, 6.45) is 2.76. The monoisotopic (exact) mass is 302 g/mol. The molecular weight excluding hydrogens is 288 g/mol. The summed E-state index contributed by atoms with van der Waals surface area (Å²) >= 11 is 1.55. The van der Waals surface area contributed by atoms with E-state index in [1.54, 1.807) is 17.8 Å². The van der Waals surface area contributed by atoms with E-state index < -0.39 is 16.0 Å². The summed E-state index contributed by atoms with van der Waals surface area (Å²) in [5.74, 6) is 0.233. The number of aromatic carboxylic acids is 1. The number of hydrogen-bond donors (Lipinski definition) is 2. The highest BCUT2D eigenvalue weighted by atomic mass is 32.2. The summed E-state index contributed by atoms with van der Waals surface area (Å²) in [6.45, 7) is 3.84. The number of pyridine rings is 1. The number of thioether (sulfide) groups is 1. The number of sulfonamides is 1. The Morgan fingerprint density at radius 3 is 2.79 bits per heavy atom. The quantitative estimate of drug-likeness (QED) is 0.549. The Hall–Kier alpha value is -1.38. The van der Waals surface area contributed by atoms with Gasteiger partial charge in [0, 0.05) is 24.2 Å². The van der Waals surface area contributed by atoms with Crippen molar-refractivity contribution in [3.05, 3.63) is 36.5 Å². The summed E-state index contributed by atoms with van der Waals surface area (Å²) < 4.78 is 26.0. The number of carboxylic acids is 1. The van der Waals surface area contributed by atoms with Gasteiger partial charge in [0.15, 0.2) is 5.03 Å².